The first-order valence-corrected chi connectivity index (χ1v) is 9.77. The lowest BCUT2D eigenvalue weighted by Gasteiger charge is -2.34. The fourth-order valence-corrected chi connectivity index (χ4v) is 3.54. The number of piperazine rings is 1. The summed E-state index contributed by atoms with van der Waals surface area (Å²) in [5, 5.41) is 2.88. The van der Waals surface area contributed by atoms with Crippen molar-refractivity contribution < 1.29 is 14.4 Å². The molecule has 0 atom stereocenters. The standard InChI is InChI=1S/C20H28N4O3/c1-2-8-21-18(25)15-22-10-12-23(13-11-22)20(27)16-5-3-6-17(14-16)24-9-4-7-19(24)26/h3,5-6,14H,2,4,7-13,15H2,1H3,(H,21,25). The number of amides is 3. The molecule has 146 valence electrons. The zero-order valence-corrected chi connectivity index (χ0v) is 15.9. The van der Waals surface area contributed by atoms with Crippen LogP contribution in [-0.4, -0.2) is 73.3 Å². The number of nitrogens with zero attached hydrogens (tertiary/aromatic N) is 3. The lowest BCUT2D eigenvalue weighted by Crippen LogP contribution is -2.51. The van der Waals surface area contributed by atoms with Gasteiger partial charge in [0.05, 0.1) is 6.54 Å². The van der Waals surface area contributed by atoms with Crippen LogP contribution >= 0.6 is 0 Å². The molecule has 7 nitrogen and oxygen atoms in total. The number of rotatable bonds is 6. The smallest absolute Gasteiger partial charge is 0.254 e. The lowest BCUT2D eigenvalue weighted by atomic mass is 10.1. The molecule has 0 bridgehead atoms. The van der Waals surface area contributed by atoms with Crippen LogP contribution in [0.5, 0.6) is 0 Å². The van der Waals surface area contributed by atoms with Gasteiger partial charge in [-0.2, -0.15) is 0 Å². The first-order valence-electron chi connectivity index (χ1n) is 9.77. The number of anilines is 1. The van der Waals surface area contributed by atoms with Gasteiger partial charge in [-0.05, 0) is 31.0 Å². The molecule has 27 heavy (non-hydrogen) atoms. The van der Waals surface area contributed by atoms with Crippen molar-refractivity contribution in [3.63, 3.8) is 0 Å². The summed E-state index contributed by atoms with van der Waals surface area (Å²) >= 11 is 0. The van der Waals surface area contributed by atoms with E-state index in [1.54, 1.807) is 11.0 Å². The SMILES string of the molecule is CCCNC(=O)CN1CCN(C(=O)c2cccc(N3CCCC3=O)c2)CC1. The highest BCUT2D eigenvalue weighted by Crippen LogP contribution is 2.23. The molecule has 0 unspecified atom stereocenters. The molecule has 2 heterocycles. The summed E-state index contributed by atoms with van der Waals surface area (Å²) < 4.78 is 0. The number of hydrogen-bond donors (Lipinski definition) is 1. The van der Waals surface area contributed by atoms with Crippen LogP contribution in [0.4, 0.5) is 5.69 Å². The average molecular weight is 372 g/mol. The van der Waals surface area contributed by atoms with Gasteiger partial charge in [0.15, 0.2) is 0 Å². The molecule has 0 spiro atoms. The van der Waals surface area contributed by atoms with Gasteiger partial charge in [-0.15, -0.1) is 0 Å². The highest BCUT2D eigenvalue weighted by molar-refractivity contribution is 5.99. The topological polar surface area (TPSA) is 73.0 Å². The lowest BCUT2D eigenvalue weighted by molar-refractivity contribution is -0.122. The van der Waals surface area contributed by atoms with Crippen molar-refractivity contribution in [1.82, 2.24) is 15.1 Å². The Morgan fingerprint density at radius 3 is 2.56 bits per heavy atom. The maximum Gasteiger partial charge on any atom is 0.254 e. The van der Waals surface area contributed by atoms with E-state index in [0.717, 1.165) is 25.1 Å². The second-order valence-corrected chi connectivity index (χ2v) is 7.12. The third-order valence-electron chi connectivity index (χ3n) is 5.08. The Labute approximate surface area is 160 Å². The van der Waals surface area contributed by atoms with Gasteiger partial charge in [0.25, 0.3) is 5.91 Å². The number of hydrogen-bond acceptors (Lipinski definition) is 4. The van der Waals surface area contributed by atoms with Crippen molar-refractivity contribution in [3.05, 3.63) is 29.8 Å². The molecular formula is C20H28N4O3. The summed E-state index contributed by atoms with van der Waals surface area (Å²) in [6.45, 7) is 6.42. The van der Waals surface area contributed by atoms with E-state index in [1.165, 1.54) is 0 Å². The third kappa shape index (κ3) is 4.86. The van der Waals surface area contributed by atoms with E-state index < -0.39 is 0 Å². The minimum absolute atomic E-state index is 0.0152. The monoisotopic (exact) mass is 372 g/mol. The number of carbonyl (C=O) groups excluding carboxylic acids is 3. The predicted octanol–water partition coefficient (Wildman–Crippen LogP) is 1.10. The first-order chi connectivity index (χ1) is 13.1. The minimum atomic E-state index is -0.0152. The summed E-state index contributed by atoms with van der Waals surface area (Å²) in [6, 6.07) is 7.34. The Bertz CT molecular complexity index is 698. The molecule has 2 aliphatic rings. The van der Waals surface area contributed by atoms with E-state index in [4.69, 9.17) is 0 Å². The van der Waals surface area contributed by atoms with Crippen LogP contribution in [0.3, 0.4) is 0 Å². The zero-order valence-electron chi connectivity index (χ0n) is 15.9. The second-order valence-electron chi connectivity index (χ2n) is 7.12. The van der Waals surface area contributed by atoms with Crippen molar-refractivity contribution >= 4 is 23.4 Å². The third-order valence-corrected chi connectivity index (χ3v) is 5.08. The number of nitrogens with one attached hydrogen (secondary N) is 1. The van der Waals surface area contributed by atoms with Crippen LogP contribution in [0.15, 0.2) is 24.3 Å². The molecule has 0 aromatic heterocycles. The quantitative estimate of drug-likeness (QED) is 0.812. The molecule has 0 aliphatic carbocycles. The average Bonchev–Trinajstić information content (AvgIpc) is 3.12. The van der Waals surface area contributed by atoms with Gasteiger partial charge in [-0.25, -0.2) is 0 Å². The van der Waals surface area contributed by atoms with E-state index in [2.05, 4.69) is 10.2 Å². The molecule has 7 heteroatoms. The maximum absolute atomic E-state index is 12.8. The van der Waals surface area contributed by atoms with Crippen LogP contribution in [0.2, 0.25) is 0 Å². The van der Waals surface area contributed by atoms with Crippen LogP contribution in [0.25, 0.3) is 0 Å². The van der Waals surface area contributed by atoms with Crippen molar-refractivity contribution in [2.75, 3.05) is 50.7 Å². The first kappa shape index (κ1) is 19.4. The molecule has 1 aromatic carbocycles. The summed E-state index contributed by atoms with van der Waals surface area (Å²) in [7, 11) is 0. The molecule has 1 N–H and O–H groups in total. The molecule has 2 fully saturated rings. The molecule has 3 rings (SSSR count). The van der Waals surface area contributed by atoms with Gasteiger partial charge in [-0.1, -0.05) is 13.0 Å². The Morgan fingerprint density at radius 1 is 1.11 bits per heavy atom. The molecule has 2 aliphatic heterocycles. The molecule has 3 amide bonds. The Hall–Kier alpha value is -2.41. The van der Waals surface area contributed by atoms with Crippen LogP contribution in [0, 0.1) is 0 Å². The summed E-state index contributed by atoms with van der Waals surface area (Å²) in [6.07, 6.45) is 2.37. The van der Waals surface area contributed by atoms with Crippen LogP contribution in [0.1, 0.15) is 36.5 Å². The molecule has 2 saturated heterocycles. The molecule has 0 radical (unpaired) electrons. The highest BCUT2D eigenvalue weighted by atomic mass is 16.2. The zero-order chi connectivity index (χ0) is 19.2. The van der Waals surface area contributed by atoms with Crippen molar-refractivity contribution in [2.24, 2.45) is 0 Å². The fourth-order valence-electron chi connectivity index (χ4n) is 3.54. The maximum atomic E-state index is 12.8. The molecule has 0 saturated carbocycles. The van der Waals surface area contributed by atoms with Gasteiger partial charge in [0.1, 0.15) is 0 Å². The van der Waals surface area contributed by atoms with Crippen LogP contribution < -0.4 is 10.2 Å². The molecule has 1 aromatic rings. The highest BCUT2D eigenvalue weighted by Gasteiger charge is 2.25. The van der Waals surface area contributed by atoms with Crippen molar-refractivity contribution in [2.45, 2.75) is 26.2 Å². The van der Waals surface area contributed by atoms with Gasteiger partial charge < -0.3 is 15.1 Å². The largest absolute Gasteiger partial charge is 0.355 e. The number of carbonyl (C=O) groups is 3. The summed E-state index contributed by atoms with van der Waals surface area (Å²) in [5.74, 6) is 0.146. The van der Waals surface area contributed by atoms with E-state index in [-0.39, 0.29) is 17.7 Å². The predicted molar refractivity (Wildman–Crippen MR) is 104 cm³/mol. The van der Waals surface area contributed by atoms with E-state index in [0.29, 0.717) is 51.3 Å². The molecular weight excluding hydrogens is 344 g/mol. The fraction of sp³-hybridized carbons (Fsp3) is 0.550. The summed E-state index contributed by atoms with van der Waals surface area (Å²) in [5.41, 5.74) is 1.41. The summed E-state index contributed by atoms with van der Waals surface area (Å²) in [4.78, 5) is 42.3. The minimum Gasteiger partial charge on any atom is -0.355 e. The van der Waals surface area contributed by atoms with E-state index >= 15 is 0 Å². The second kappa shape index (κ2) is 8.99. The van der Waals surface area contributed by atoms with Gasteiger partial charge in [0, 0.05) is 56.9 Å². The normalized spacial score (nSPS) is 18.0. The Kier molecular flexibility index (Phi) is 6.45. The van der Waals surface area contributed by atoms with Crippen molar-refractivity contribution in [1.29, 1.82) is 0 Å². The van der Waals surface area contributed by atoms with Crippen LogP contribution in [-0.2, 0) is 9.59 Å². The van der Waals surface area contributed by atoms with E-state index in [1.807, 2.05) is 30.0 Å². The Balaban J connectivity index is 1.55. The van der Waals surface area contributed by atoms with Crippen molar-refractivity contribution in [3.8, 4) is 0 Å². The van der Waals surface area contributed by atoms with Gasteiger partial charge in [-0.3, -0.25) is 19.3 Å². The number of benzene rings is 1. The van der Waals surface area contributed by atoms with Gasteiger partial charge in [0.2, 0.25) is 11.8 Å². The Morgan fingerprint density at radius 2 is 1.89 bits per heavy atom. The van der Waals surface area contributed by atoms with Gasteiger partial charge >= 0.3 is 0 Å². The van der Waals surface area contributed by atoms with E-state index in [9.17, 15) is 14.4 Å².